The van der Waals surface area contributed by atoms with Gasteiger partial charge in [-0.3, -0.25) is 10.1 Å². The molecule has 0 aliphatic heterocycles. The van der Waals surface area contributed by atoms with Crippen LogP contribution >= 0.6 is 0 Å². The molecule has 0 saturated carbocycles. The Morgan fingerprint density at radius 2 is 2.00 bits per heavy atom. The van der Waals surface area contributed by atoms with E-state index in [1.807, 2.05) is 6.92 Å². The first-order valence-corrected chi connectivity index (χ1v) is 5.93. The zero-order valence-corrected chi connectivity index (χ0v) is 10.8. The van der Waals surface area contributed by atoms with Crippen LogP contribution in [0.5, 0.6) is 11.5 Å². The lowest BCUT2D eigenvalue weighted by Crippen LogP contribution is -2.31. The van der Waals surface area contributed by atoms with E-state index in [1.165, 1.54) is 0 Å². The standard InChI is InChI=1S/C12H18N2O5/c1-3-6(2)11(16)10(13)7-4-8(14(18)19)12(17)9(15)5-7/h4-6,10-11,15-17H,3,13H2,1-2H3/t6?,10-,11+/m1/s1. The number of aromatic hydroxyl groups is 2. The summed E-state index contributed by atoms with van der Waals surface area (Å²) in [5, 5.41) is 39.6. The van der Waals surface area contributed by atoms with E-state index in [2.05, 4.69) is 0 Å². The summed E-state index contributed by atoms with van der Waals surface area (Å²) >= 11 is 0. The molecular weight excluding hydrogens is 252 g/mol. The second kappa shape index (κ2) is 5.85. The molecule has 0 spiro atoms. The Hall–Kier alpha value is -1.86. The number of nitrogens with two attached hydrogens (primary N) is 1. The first kappa shape index (κ1) is 15.2. The molecule has 0 aliphatic rings. The van der Waals surface area contributed by atoms with E-state index >= 15 is 0 Å². The minimum absolute atomic E-state index is 0.0926. The molecule has 106 valence electrons. The number of phenols is 2. The molecule has 5 N–H and O–H groups in total. The molecule has 1 rings (SSSR count). The Kier molecular flexibility index (Phi) is 4.68. The van der Waals surface area contributed by atoms with Gasteiger partial charge in [-0.05, 0) is 17.5 Å². The van der Waals surface area contributed by atoms with E-state index in [0.717, 1.165) is 12.1 Å². The SMILES string of the molecule is CCC(C)[C@H](O)[C@H](N)c1cc(O)c(O)c([N+](=O)[O-])c1. The number of phenolic OH excluding ortho intramolecular Hbond substituents is 2. The van der Waals surface area contributed by atoms with Gasteiger partial charge in [-0.15, -0.1) is 0 Å². The third-order valence-corrected chi connectivity index (χ3v) is 3.27. The van der Waals surface area contributed by atoms with Crippen molar-refractivity contribution in [1.82, 2.24) is 0 Å². The first-order valence-electron chi connectivity index (χ1n) is 5.93. The molecule has 7 nitrogen and oxygen atoms in total. The van der Waals surface area contributed by atoms with Crippen LogP contribution in [0.25, 0.3) is 0 Å². The Bertz CT molecular complexity index is 477. The van der Waals surface area contributed by atoms with Crippen molar-refractivity contribution < 1.29 is 20.2 Å². The van der Waals surface area contributed by atoms with Crippen molar-refractivity contribution in [2.75, 3.05) is 0 Å². The summed E-state index contributed by atoms with van der Waals surface area (Å²) in [7, 11) is 0. The van der Waals surface area contributed by atoms with Crippen molar-refractivity contribution in [1.29, 1.82) is 0 Å². The van der Waals surface area contributed by atoms with Gasteiger partial charge in [-0.2, -0.15) is 0 Å². The van der Waals surface area contributed by atoms with E-state index in [0.29, 0.717) is 6.42 Å². The lowest BCUT2D eigenvalue weighted by molar-refractivity contribution is -0.386. The lowest BCUT2D eigenvalue weighted by Gasteiger charge is -2.24. The molecule has 0 fully saturated rings. The number of aliphatic hydroxyl groups is 1. The summed E-state index contributed by atoms with van der Waals surface area (Å²) in [6.07, 6.45) is -0.199. The van der Waals surface area contributed by atoms with Crippen molar-refractivity contribution in [3.05, 3.63) is 27.8 Å². The Morgan fingerprint density at radius 1 is 1.42 bits per heavy atom. The molecule has 0 heterocycles. The fourth-order valence-electron chi connectivity index (χ4n) is 1.75. The van der Waals surface area contributed by atoms with Gasteiger partial charge < -0.3 is 21.1 Å². The van der Waals surface area contributed by atoms with E-state index < -0.39 is 34.3 Å². The molecule has 0 aromatic heterocycles. The molecular formula is C12H18N2O5. The molecule has 1 aromatic carbocycles. The third kappa shape index (κ3) is 3.12. The minimum Gasteiger partial charge on any atom is -0.504 e. The van der Waals surface area contributed by atoms with Crippen LogP contribution in [0.15, 0.2) is 12.1 Å². The molecule has 0 aliphatic carbocycles. The van der Waals surface area contributed by atoms with Gasteiger partial charge in [0.15, 0.2) is 5.75 Å². The van der Waals surface area contributed by atoms with Crippen LogP contribution in [0.4, 0.5) is 5.69 Å². The molecule has 7 heteroatoms. The van der Waals surface area contributed by atoms with Crippen molar-refractivity contribution in [2.24, 2.45) is 11.7 Å². The maximum absolute atomic E-state index is 10.7. The number of aliphatic hydroxyl groups excluding tert-OH is 1. The maximum Gasteiger partial charge on any atom is 0.314 e. The number of nitro groups is 1. The van der Waals surface area contributed by atoms with Gasteiger partial charge >= 0.3 is 5.69 Å². The van der Waals surface area contributed by atoms with Crippen LogP contribution in [-0.4, -0.2) is 26.3 Å². The molecule has 19 heavy (non-hydrogen) atoms. The fraction of sp³-hybridized carbons (Fsp3) is 0.500. The van der Waals surface area contributed by atoms with E-state index in [4.69, 9.17) is 5.73 Å². The van der Waals surface area contributed by atoms with Crippen LogP contribution in [0.3, 0.4) is 0 Å². The summed E-state index contributed by atoms with van der Waals surface area (Å²) in [6.45, 7) is 3.69. The quantitative estimate of drug-likeness (QED) is 0.363. The average molecular weight is 270 g/mol. The minimum atomic E-state index is -0.895. The molecule has 1 aromatic rings. The predicted molar refractivity (Wildman–Crippen MR) is 68.8 cm³/mol. The summed E-state index contributed by atoms with van der Waals surface area (Å²) in [6, 6.07) is 1.31. The van der Waals surface area contributed by atoms with Crippen LogP contribution in [-0.2, 0) is 0 Å². The zero-order chi connectivity index (χ0) is 14.7. The Balaban J connectivity index is 3.17. The predicted octanol–water partition coefficient (Wildman–Crippen LogP) is 1.41. The van der Waals surface area contributed by atoms with E-state index in [9.17, 15) is 25.4 Å². The Labute approximate surface area is 110 Å². The number of hydrogen-bond acceptors (Lipinski definition) is 6. The molecule has 0 amide bonds. The smallest absolute Gasteiger partial charge is 0.314 e. The van der Waals surface area contributed by atoms with Gasteiger partial charge in [0.05, 0.1) is 17.1 Å². The van der Waals surface area contributed by atoms with E-state index in [-0.39, 0.29) is 11.5 Å². The summed E-state index contributed by atoms with van der Waals surface area (Å²) < 4.78 is 0. The van der Waals surface area contributed by atoms with Crippen LogP contribution < -0.4 is 5.73 Å². The summed E-state index contributed by atoms with van der Waals surface area (Å²) in [4.78, 5) is 9.92. The number of benzene rings is 1. The first-order chi connectivity index (χ1) is 8.79. The monoisotopic (exact) mass is 270 g/mol. The van der Waals surface area contributed by atoms with E-state index in [1.54, 1.807) is 6.92 Å². The number of nitro benzene ring substituents is 1. The number of nitrogens with zero attached hydrogens (tertiary/aromatic N) is 1. The van der Waals surface area contributed by atoms with Crippen molar-refractivity contribution in [3.63, 3.8) is 0 Å². The zero-order valence-electron chi connectivity index (χ0n) is 10.8. The molecule has 0 radical (unpaired) electrons. The van der Waals surface area contributed by atoms with Gasteiger partial charge in [0.2, 0.25) is 5.75 Å². The topological polar surface area (TPSA) is 130 Å². The van der Waals surface area contributed by atoms with Gasteiger partial charge in [-0.1, -0.05) is 20.3 Å². The van der Waals surface area contributed by atoms with Crippen molar-refractivity contribution >= 4 is 5.69 Å². The van der Waals surface area contributed by atoms with Crippen LogP contribution in [0.2, 0.25) is 0 Å². The normalized spacial score (nSPS) is 15.8. The molecule has 1 unspecified atom stereocenters. The number of rotatable bonds is 5. The summed E-state index contributed by atoms with van der Waals surface area (Å²) in [5.74, 6) is -1.53. The number of hydrogen-bond donors (Lipinski definition) is 4. The van der Waals surface area contributed by atoms with Gasteiger partial charge in [0, 0.05) is 6.07 Å². The highest BCUT2D eigenvalue weighted by Crippen LogP contribution is 2.38. The molecule has 3 atom stereocenters. The maximum atomic E-state index is 10.7. The molecule has 0 saturated heterocycles. The van der Waals surface area contributed by atoms with Crippen molar-refractivity contribution in [3.8, 4) is 11.5 Å². The highest BCUT2D eigenvalue weighted by molar-refractivity contribution is 5.57. The Morgan fingerprint density at radius 3 is 2.47 bits per heavy atom. The fourth-order valence-corrected chi connectivity index (χ4v) is 1.75. The van der Waals surface area contributed by atoms with Gasteiger partial charge in [-0.25, -0.2) is 0 Å². The summed E-state index contributed by atoms with van der Waals surface area (Å²) in [5.41, 5.74) is 5.40. The highest BCUT2D eigenvalue weighted by Gasteiger charge is 2.26. The van der Waals surface area contributed by atoms with Gasteiger partial charge in [0.25, 0.3) is 0 Å². The largest absolute Gasteiger partial charge is 0.504 e. The van der Waals surface area contributed by atoms with Gasteiger partial charge in [0.1, 0.15) is 0 Å². The van der Waals surface area contributed by atoms with Crippen LogP contribution in [0.1, 0.15) is 31.9 Å². The second-order valence-electron chi connectivity index (χ2n) is 4.57. The van der Waals surface area contributed by atoms with Crippen molar-refractivity contribution in [2.45, 2.75) is 32.4 Å². The average Bonchev–Trinajstić information content (AvgIpc) is 2.38. The second-order valence-corrected chi connectivity index (χ2v) is 4.57. The van der Waals surface area contributed by atoms with Crippen LogP contribution in [0, 0.1) is 16.0 Å². The lowest BCUT2D eigenvalue weighted by atomic mass is 9.91. The highest BCUT2D eigenvalue weighted by atomic mass is 16.6. The molecule has 0 bridgehead atoms. The third-order valence-electron chi connectivity index (χ3n) is 3.27.